The molecule has 1 unspecified atom stereocenters. The molecule has 0 saturated heterocycles. The van der Waals surface area contributed by atoms with Crippen LogP contribution in [0.4, 0.5) is 24.8 Å². The lowest BCUT2D eigenvalue weighted by molar-refractivity contribution is -0.0951. The molecule has 0 saturated carbocycles. The maximum absolute atomic E-state index is 12.8. The standard InChI is InChI=1S/C13H13F3IN5/c14-13(15,16)6-2-1-3-7(4-6)19-12-9(17)5-8-10(18)21-22-11(8)20-12/h4-5,7H,1-3H2,(H4,18,19,20,21,22). The number of nitrogens with one attached hydrogen (secondary N) is 2. The average Bonchev–Trinajstić information content (AvgIpc) is 2.80. The van der Waals surface area contributed by atoms with Crippen molar-refractivity contribution in [1.29, 1.82) is 0 Å². The fraction of sp³-hybridized carbons (Fsp3) is 0.385. The second-order valence-corrected chi connectivity index (χ2v) is 6.32. The number of allylic oxidation sites excluding steroid dienone is 1. The van der Waals surface area contributed by atoms with Crippen LogP contribution in [0.5, 0.6) is 0 Å². The number of halogens is 4. The van der Waals surface area contributed by atoms with E-state index in [9.17, 15) is 13.2 Å². The lowest BCUT2D eigenvalue weighted by Crippen LogP contribution is -2.25. The van der Waals surface area contributed by atoms with E-state index in [1.165, 1.54) is 6.08 Å². The molecule has 1 atom stereocenters. The second kappa shape index (κ2) is 5.60. The Morgan fingerprint density at radius 3 is 2.91 bits per heavy atom. The molecular weight excluding hydrogens is 410 g/mol. The van der Waals surface area contributed by atoms with Crippen LogP contribution in [-0.4, -0.2) is 27.4 Å². The highest BCUT2D eigenvalue weighted by atomic mass is 127. The van der Waals surface area contributed by atoms with Crippen molar-refractivity contribution >= 4 is 45.3 Å². The van der Waals surface area contributed by atoms with Crippen molar-refractivity contribution in [2.24, 2.45) is 0 Å². The molecule has 22 heavy (non-hydrogen) atoms. The summed E-state index contributed by atoms with van der Waals surface area (Å²) in [6.45, 7) is 0. The van der Waals surface area contributed by atoms with E-state index >= 15 is 0 Å². The van der Waals surface area contributed by atoms with Crippen molar-refractivity contribution in [3.8, 4) is 0 Å². The third kappa shape index (κ3) is 2.99. The van der Waals surface area contributed by atoms with Crippen LogP contribution in [0.15, 0.2) is 17.7 Å². The zero-order valence-electron chi connectivity index (χ0n) is 11.3. The Morgan fingerprint density at radius 1 is 1.41 bits per heavy atom. The van der Waals surface area contributed by atoms with Crippen molar-refractivity contribution in [3.05, 3.63) is 21.3 Å². The number of fused-ring (bicyclic) bond motifs is 1. The molecule has 2 aromatic heterocycles. The minimum Gasteiger partial charge on any atom is -0.384 e. The van der Waals surface area contributed by atoms with E-state index < -0.39 is 11.7 Å². The first-order valence-electron chi connectivity index (χ1n) is 6.69. The summed E-state index contributed by atoms with van der Waals surface area (Å²) in [6, 6.07) is 1.42. The Labute approximate surface area is 137 Å². The van der Waals surface area contributed by atoms with Gasteiger partial charge in [-0.2, -0.15) is 18.3 Å². The molecule has 2 aromatic rings. The first kappa shape index (κ1) is 15.4. The zero-order valence-corrected chi connectivity index (χ0v) is 13.5. The summed E-state index contributed by atoms with van der Waals surface area (Å²) >= 11 is 2.08. The summed E-state index contributed by atoms with van der Waals surface area (Å²) in [7, 11) is 0. The van der Waals surface area contributed by atoms with Gasteiger partial charge in [-0.05, 0) is 47.9 Å². The SMILES string of the molecule is Nc1[nH]nc2nc(NC3C=C(C(F)(F)F)CCC3)c(I)cc12. The molecule has 118 valence electrons. The van der Waals surface area contributed by atoms with Gasteiger partial charge in [0, 0.05) is 11.6 Å². The summed E-state index contributed by atoms with van der Waals surface area (Å²) in [5.41, 5.74) is 5.69. The molecule has 2 heterocycles. The van der Waals surface area contributed by atoms with Crippen LogP contribution in [-0.2, 0) is 0 Å². The number of nitrogens with two attached hydrogens (primary N) is 1. The van der Waals surface area contributed by atoms with Crippen molar-refractivity contribution in [3.63, 3.8) is 0 Å². The van der Waals surface area contributed by atoms with Gasteiger partial charge in [0.2, 0.25) is 0 Å². The quantitative estimate of drug-likeness (QED) is 0.510. The van der Waals surface area contributed by atoms with Crippen LogP contribution in [0.1, 0.15) is 19.3 Å². The summed E-state index contributed by atoms with van der Waals surface area (Å²) in [5, 5.41) is 10.4. The van der Waals surface area contributed by atoms with Gasteiger partial charge < -0.3 is 11.1 Å². The molecule has 0 fully saturated rings. The lowest BCUT2D eigenvalue weighted by atomic mass is 9.95. The van der Waals surface area contributed by atoms with Crippen molar-refractivity contribution in [2.75, 3.05) is 11.1 Å². The van der Waals surface area contributed by atoms with Crippen LogP contribution >= 0.6 is 22.6 Å². The topological polar surface area (TPSA) is 79.6 Å². The highest BCUT2D eigenvalue weighted by Gasteiger charge is 2.35. The first-order chi connectivity index (χ1) is 10.3. The van der Waals surface area contributed by atoms with Gasteiger partial charge in [0.25, 0.3) is 0 Å². The van der Waals surface area contributed by atoms with E-state index in [1.807, 2.05) is 0 Å². The molecule has 0 spiro atoms. The van der Waals surface area contributed by atoms with E-state index in [-0.39, 0.29) is 12.5 Å². The molecule has 4 N–H and O–H groups in total. The number of nitrogen functional groups attached to an aromatic ring is 1. The van der Waals surface area contributed by atoms with Gasteiger partial charge in [-0.25, -0.2) is 4.98 Å². The number of H-pyrrole nitrogens is 1. The Kier molecular flexibility index (Phi) is 3.91. The smallest absolute Gasteiger partial charge is 0.384 e. The summed E-state index contributed by atoms with van der Waals surface area (Å²) in [4.78, 5) is 4.33. The maximum Gasteiger partial charge on any atom is 0.412 e. The Bertz CT molecular complexity index is 737. The van der Waals surface area contributed by atoms with E-state index in [4.69, 9.17) is 5.73 Å². The molecule has 9 heteroatoms. The molecule has 0 aliphatic heterocycles. The van der Waals surface area contributed by atoms with Gasteiger partial charge in [-0.1, -0.05) is 6.08 Å². The highest BCUT2D eigenvalue weighted by Crippen LogP contribution is 2.34. The fourth-order valence-corrected chi connectivity index (χ4v) is 3.07. The second-order valence-electron chi connectivity index (χ2n) is 5.16. The van der Waals surface area contributed by atoms with E-state index in [0.29, 0.717) is 35.5 Å². The van der Waals surface area contributed by atoms with Crippen molar-refractivity contribution in [2.45, 2.75) is 31.5 Å². The molecule has 1 aliphatic rings. The van der Waals surface area contributed by atoms with Crippen molar-refractivity contribution < 1.29 is 13.2 Å². The molecule has 0 radical (unpaired) electrons. The molecule has 5 nitrogen and oxygen atoms in total. The number of rotatable bonds is 2. The van der Waals surface area contributed by atoms with Gasteiger partial charge in [0.1, 0.15) is 11.6 Å². The van der Waals surface area contributed by atoms with E-state index in [2.05, 4.69) is 43.1 Å². The van der Waals surface area contributed by atoms with Crippen LogP contribution in [0.2, 0.25) is 0 Å². The van der Waals surface area contributed by atoms with Crippen LogP contribution in [0.25, 0.3) is 11.0 Å². The van der Waals surface area contributed by atoms with E-state index in [1.54, 1.807) is 6.07 Å². The summed E-state index contributed by atoms with van der Waals surface area (Å²) in [5.74, 6) is 0.938. The van der Waals surface area contributed by atoms with Crippen LogP contribution in [0, 0.1) is 3.57 Å². The van der Waals surface area contributed by atoms with Crippen LogP contribution < -0.4 is 11.1 Å². The number of hydrogen-bond acceptors (Lipinski definition) is 4. The number of nitrogens with zero attached hydrogens (tertiary/aromatic N) is 2. The highest BCUT2D eigenvalue weighted by molar-refractivity contribution is 14.1. The number of aromatic amines is 1. The van der Waals surface area contributed by atoms with Gasteiger partial charge in [-0.15, -0.1) is 0 Å². The van der Waals surface area contributed by atoms with Crippen LogP contribution in [0.3, 0.4) is 0 Å². The largest absolute Gasteiger partial charge is 0.412 e. The Balaban J connectivity index is 1.88. The Morgan fingerprint density at radius 2 is 2.18 bits per heavy atom. The predicted octanol–water partition coefficient (Wildman–Crippen LogP) is 3.60. The lowest BCUT2D eigenvalue weighted by Gasteiger charge is -2.24. The number of aromatic nitrogens is 3. The average molecular weight is 423 g/mol. The number of alkyl halides is 3. The third-order valence-corrected chi connectivity index (χ3v) is 4.40. The molecule has 1 aliphatic carbocycles. The minimum absolute atomic E-state index is 0.0706. The Hall–Kier alpha value is -1.52. The van der Waals surface area contributed by atoms with Gasteiger partial charge in [-0.3, -0.25) is 5.10 Å². The fourth-order valence-electron chi connectivity index (χ4n) is 2.48. The zero-order chi connectivity index (χ0) is 15.9. The van der Waals surface area contributed by atoms with Crippen molar-refractivity contribution in [1.82, 2.24) is 15.2 Å². The van der Waals surface area contributed by atoms with Gasteiger partial charge in [0.05, 0.1) is 8.96 Å². The summed E-state index contributed by atoms with van der Waals surface area (Å²) < 4.78 is 39.2. The third-order valence-electron chi connectivity index (χ3n) is 3.58. The number of pyridine rings is 1. The van der Waals surface area contributed by atoms with Gasteiger partial charge >= 0.3 is 6.18 Å². The molecular formula is C13H13F3IN5. The molecule has 3 rings (SSSR count). The van der Waals surface area contributed by atoms with Gasteiger partial charge in [0.15, 0.2) is 5.65 Å². The first-order valence-corrected chi connectivity index (χ1v) is 7.77. The minimum atomic E-state index is -4.26. The molecule has 0 bridgehead atoms. The molecule has 0 amide bonds. The monoisotopic (exact) mass is 423 g/mol. The number of hydrogen-bond donors (Lipinski definition) is 3. The normalized spacial score (nSPS) is 19.3. The molecule has 0 aromatic carbocycles. The predicted molar refractivity (Wildman–Crippen MR) is 86.4 cm³/mol. The van der Waals surface area contributed by atoms with E-state index in [0.717, 1.165) is 3.57 Å². The maximum atomic E-state index is 12.8. The summed E-state index contributed by atoms with van der Waals surface area (Å²) in [6.07, 6.45) is -1.80. The number of anilines is 2.